The molecule has 0 bridgehead atoms. The monoisotopic (exact) mass is 343 g/mol. The van der Waals surface area contributed by atoms with Gasteiger partial charge < -0.3 is 9.80 Å². The summed E-state index contributed by atoms with van der Waals surface area (Å²) >= 11 is 0. The fourth-order valence-electron chi connectivity index (χ4n) is 3.69. The fraction of sp³-hybridized carbons (Fsp3) is 0.600. The van der Waals surface area contributed by atoms with Crippen molar-refractivity contribution in [3.05, 3.63) is 35.4 Å². The average Bonchev–Trinajstić information content (AvgIpc) is 2.80. The molecule has 2 heterocycles. The van der Waals surface area contributed by atoms with E-state index < -0.39 is 0 Å². The predicted molar refractivity (Wildman–Crippen MR) is 98.1 cm³/mol. The van der Waals surface area contributed by atoms with E-state index in [0.29, 0.717) is 6.42 Å². The standard InChI is InChI=1S/C20H29N3O2/c1-17-6-5-7-18(14-17)15-21-10-12-22(13-11-21)20(25)16-23-9-4-2-3-8-19(23)24/h5-7,14H,2-4,8-13,15-16H2,1H3. The van der Waals surface area contributed by atoms with Crippen LogP contribution in [0.2, 0.25) is 0 Å². The molecule has 0 N–H and O–H groups in total. The van der Waals surface area contributed by atoms with E-state index in [0.717, 1.165) is 58.5 Å². The molecule has 136 valence electrons. The zero-order chi connectivity index (χ0) is 17.6. The van der Waals surface area contributed by atoms with Gasteiger partial charge in [0.05, 0.1) is 6.54 Å². The molecule has 0 spiro atoms. The maximum Gasteiger partial charge on any atom is 0.242 e. The smallest absolute Gasteiger partial charge is 0.242 e. The first kappa shape index (κ1) is 17.9. The number of aryl methyl sites for hydroxylation is 1. The third kappa shape index (κ3) is 5.05. The van der Waals surface area contributed by atoms with Crippen LogP contribution in [0.3, 0.4) is 0 Å². The van der Waals surface area contributed by atoms with Crippen LogP contribution in [0.5, 0.6) is 0 Å². The van der Waals surface area contributed by atoms with Crippen LogP contribution in [0.4, 0.5) is 0 Å². The van der Waals surface area contributed by atoms with Gasteiger partial charge in [-0.15, -0.1) is 0 Å². The molecule has 2 fully saturated rings. The molecule has 2 aliphatic heterocycles. The van der Waals surface area contributed by atoms with Gasteiger partial charge in [0.15, 0.2) is 0 Å². The molecule has 0 saturated carbocycles. The molecule has 0 unspecified atom stereocenters. The van der Waals surface area contributed by atoms with Crippen molar-refractivity contribution in [3.63, 3.8) is 0 Å². The molecule has 0 aromatic heterocycles. The summed E-state index contributed by atoms with van der Waals surface area (Å²) in [6.45, 7) is 7.35. The SMILES string of the molecule is Cc1cccc(CN2CCN(C(=O)CN3CCCCCC3=O)CC2)c1. The first-order valence-electron chi connectivity index (χ1n) is 9.45. The molecule has 0 aliphatic carbocycles. The Kier molecular flexibility index (Phi) is 6.08. The van der Waals surface area contributed by atoms with Crippen molar-refractivity contribution in [2.45, 2.75) is 39.2 Å². The number of amides is 2. The van der Waals surface area contributed by atoms with Crippen LogP contribution in [0.1, 0.15) is 36.8 Å². The molecule has 5 nitrogen and oxygen atoms in total. The van der Waals surface area contributed by atoms with Crippen LogP contribution >= 0.6 is 0 Å². The van der Waals surface area contributed by atoms with Crippen LogP contribution in [0.15, 0.2) is 24.3 Å². The fourth-order valence-corrected chi connectivity index (χ4v) is 3.69. The summed E-state index contributed by atoms with van der Waals surface area (Å²) in [5.41, 5.74) is 2.61. The minimum atomic E-state index is 0.102. The number of hydrogen-bond acceptors (Lipinski definition) is 3. The van der Waals surface area contributed by atoms with Crippen LogP contribution in [0.25, 0.3) is 0 Å². The van der Waals surface area contributed by atoms with Crippen LogP contribution < -0.4 is 0 Å². The quantitative estimate of drug-likeness (QED) is 0.840. The lowest BCUT2D eigenvalue weighted by Gasteiger charge is -2.35. The van der Waals surface area contributed by atoms with Crippen LogP contribution in [-0.4, -0.2) is 65.8 Å². The Labute approximate surface area is 150 Å². The van der Waals surface area contributed by atoms with E-state index in [1.54, 1.807) is 4.90 Å². The van der Waals surface area contributed by atoms with E-state index in [1.807, 2.05) is 4.90 Å². The highest BCUT2D eigenvalue weighted by Gasteiger charge is 2.25. The lowest BCUT2D eigenvalue weighted by molar-refractivity contribution is -0.141. The Morgan fingerprint density at radius 2 is 1.84 bits per heavy atom. The first-order valence-corrected chi connectivity index (χ1v) is 9.45. The molecule has 5 heteroatoms. The zero-order valence-corrected chi connectivity index (χ0v) is 15.2. The second-order valence-electron chi connectivity index (χ2n) is 7.27. The molecule has 2 aliphatic rings. The van der Waals surface area contributed by atoms with Crippen molar-refractivity contribution in [3.8, 4) is 0 Å². The molecule has 1 aromatic carbocycles. The Morgan fingerprint density at radius 1 is 1.04 bits per heavy atom. The lowest BCUT2D eigenvalue weighted by Crippen LogP contribution is -2.51. The lowest BCUT2D eigenvalue weighted by atomic mass is 10.1. The Bertz CT molecular complexity index is 609. The first-order chi connectivity index (χ1) is 12.1. The van der Waals surface area contributed by atoms with Crippen LogP contribution in [0, 0.1) is 6.92 Å². The van der Waals surface area contributed by atoms with Gasteiger partial charge in [0.2, 0.25) is 11.8 Å². The van der Waals surface area contributed by atoms with E-state index in [4.69, 9.17) is 0 Å². The van der Waals surface area contributed by atoms with Crippen LogP contribution in [-0.2, 0) is 16.1 Å². The van der Waals surface area contributed by atoms with E-state index >= 15 is 0 Å². The summed E-state index contributed by atoms with van der Waals surface area (Å²) in [5, 5.41) is 0. The van der Waals surface area contributed by atoms with Gasteiger partial charge in [-0.25, -0.2) is 0 Å². The molecule has 3 rings (SSSR count). The van der Waals surface area contributed by atoms with E-state index in [2.05, 4.69) is 36.1 Å². The summed E-state index contributed by atoms with van der Waals surface area (Å²) in [7, 11) is 0. The molecular weight excluding hydrogens is 314 g/mol. The maximum atomic E-state index is 12.5. The molecule has 2 amide bonds. The molecule has 25 heavy (non-hydrogen) atoms. The molecule has 1 aromatic rings. The van der Waals surface area contributed by atoms with E-state index in [1.165, 1.54) is 11.1 Å². The van der Waals surface area contributed by atoms with Crippen molar-refractivity contribution >= 4 is 11.8 Å². The van der Waals surface area contributed by atoms with E-state index in [9.17, 15) is 9.59 Å². The third-order valence-electron chi connectivity index (χ3n) is 5.21. The molecule has 2 saturated heterocycles. The summed E-state index contributed by atoms with van der Waals surface area (Å²) < 4.78 is 0. The second-order valence-corrected chi connectivity index (χ2v) is 7.27. The van der Waals surface area contributed by atoms with Crippen molar-refractivity contribution in [2.24, 2.45) is 0 Å². The van der Waals surface area contributed by atoms with Gasteiger partial charge in [0.25, 0.3) is 0 Å². The molecule has 0 atom stereocenters. The summed E-state index contributed by atoms with van der Waals surface area (Å²) in [4.78, 5) is 30.7. The van der Waals surface area contributed by atoms with Gasteiger partial charge in [-0.2, -0.15) is 0 Å². The Hall–Kier alpha value is -1.88. The molecule has 0 radical (unpaired) electrons. The highest BCUT2D eigenvalue weighted by atomic mass is 16.2. The van der Waals surface area contributed by atoms with Gasteiger partial charge in [-0.1, -0.05) is 36.2 Å². The zero-order valence-electron chi connectivity index (χ0n) is 15.2. The number of carbonyl (C=O) groups excluding carboxylic acids is 2. The van der Waals surface area contributed by atoms with Gasteiger partial charge in [0, 0.05) is 45.7 Å². The summed E-state index contributed by atoms with van der Waals surface area (Å²) in [6.07, 6.45) is 3.66. The highest BCUT2D eigenvalue weighted by Crippen LogP contribution is 2.13. The van der Waals surface area contributed by atoms with Gasteiger partial charge >= 0.3 is 0 Å². The van der Waals surface area contributed by atoms with Crippen molar-refractivity contribution in [1.82, 2.24) is 14.7 Å². The second kappa shape index (κ2) is 8.48. The van der Waals surface area contributed by atoms with Crippen molar-refractivity contribution < 1.29 is 9.59 Å². The highest BCUT2D eigenvalue weighted by molar-refractivity contribution is 5.85. The number of hydrogen-bond donors (Lipinski definition) is 0. The Morgan fingerprint density at radius 3 is 2.60 bits per heavy atom. The largest absolute Gasteiger partial charge is 0.339 e. The summed E-state index contributed by atoms with van der Waals surface area (Å²) in [6, 6.07) is 8.60. The van der Waals surface area contributed by atoms with Gasteiger partial charge in [-0.05, 0) is 25.3 Å². The van der Waals surface area contributed by atoms with Crippen molar-refractivity contribution in [1.29, 1.82) is 0 Å². The van der Waals surface area contributed by atoms with Gasteiger partial charge in [-0.3, -0.25) is 14.5 Å². The average molecular weight is 343 g/mol. The van der Waals surface area contributed by atoms with E-state index in [-0.39, 0.29) is 18.4 Å². The number of likely N-dealkylation sites (tertiary alicyclic amines) is 1. The third-order valence-corrected chi connectivity index (χ3v) is 5.21. The number of benzene rings is 1. The maximum absolute atomic E-state index is 12.5. The summed E-state index contributed by atoms with van der Waals surface area (Å²) in [5.74, 6) is 0.245. The topological polar surface area (TPSA) is 43.9 Å². The normalized spacial score (nSPS) is 19.8. The van der Waals surface area contributed by atoms with Gasteiger partial charge in [0.1, 0.15) is 0 Å². The number of carbonyl (C=O) groups is 2. The minimum Gasteiger partial charge on any atom is -0.339 e. The van der Waals surface area contributed by atoms with Crippen molar-refractivity contribution in [2.75, 3.05) is 39.3 Å². The minimum absolute atomic E-state index is 0.102. The predicted octanol–water partition coefficient (Wildman–Crippen LogP) is 2.04. The number of piperazine rings is 1. The number of nitrogens with zero attached hydrogens (tertiary/aromatic N) is 3. The Balaban J connectivity index is 1.46. The molecular formula is C20H29N3O2. The number of rotatable bonds is 4.